The molecule has 6 heteroatoms. The Morgan fingerprint density at radius 3 is 2.23 bits per heavy atom. The molecule has 1 amide bonds. The molecule has 144 valence electrons. The number of esters is 1. The monoisotopic (exact) mass is 361 g/mol. The van der Waals surface area contributed by atoms with E-state index in [9.17, 15) is 9.59 Å². The summed E-state index contributed by atoms with van der Waals surface area (Å²) in [6, 6.07) is 7.93. The van der Waals surface area contributed by atoms with Crippen LogP contribution >= 0.6 is 0 Å². The van der Waals surface area contributed by atoms with Crippen molar-refractivity contribution in [3.63, 3.8) is 0 Å². The van der Waals surface area contributed by atoms with Gasteiger partial charge in [0.2, 0.25) is 5.91 Å². The van der Waals surface area contributed by atoms with Crippen LogP contribution in [0.25, 0.3) is 0 Å². The molecule has 0 N–H and O–H groups in total. The molecule has 1 aliphatic heterocycles. The molecule has 0 unspecified atom stereocenters. The molecule has 26 heavy (non-hydrogen) atoms. The number of carbonyl (C=O) groups is 2. The van der Waals surface area contributed by atoms with Crippen LogP contribution in [0.1, 0.15) is 35.7 Å². The number of methoxy groups -OCH3 is 1. The summed E-state index contributed by atoms with van der Waals surface area (Å²) >= 11 is 0. The Balaban J connectivity index is 1.85. The van der Waals surface area contributed by atoms with Crippen LogP contribution in [-0.4, -0.2) is 80.0 Å². The number of amides is 1. The van der Waals surface area contributed by atoms with Crippen molar-refractivity contribution in [3.05, 3.63) is 35.4 Å². The fraction of sp³-hybridized carbons (Fsp3) is 0.600. The van der Waals surface area contributed by atoms with Crippen LogP contribution in [0.5, 0.6) is 0 Å². The summed E-state index contributed by atoms with van der Waals surface area (Å²) < 4.78 is 4.73. The molecule has 1 fully saturated rings. The van der Waals surface area contributed by atoms with Gasteiger partial charge in [0.15, 0.2) is 0 Å². The van der Waals surface area contributed by atoms with Gasteiger partial charge in [-0.2, -0.15) is 0 Å². The Labute approximate surface area is 156 Å². The van der Waals surface area contributed by atoms with Crippen LogP contribution in [0.4, 0.5) is 0 Å². The molecule has 0 aliphatic carbocycles. The van der Waals surface area contributed by atoms with Gasteiger partial charge in [0.05, 0.1) is 12.7 Å². The Morgan fingerprint density at radius 2 is 1.73 bits per heavy atom. The summed E-state index contributed by atoms with van der Waals surface area (Å²) in [5.74, 6) is -0.136. The minimum atomic E-state index is -0.306. The van der Waals surface area contributed by atoms with Crippen molar-refractivity contribution in [2.24, 2.45) is 0 Å². The molecular formula is C20H31N3O3. The van der Waals surface area contributed by atoms with Crippen LogP contribution in [-0.2, 0) is 16.1 Å². The lowest BCUT2D eigenvalue weighted by Crippen LogP contribution is -2.48. The van der Waals surface area contributed by atoms with Crippen LogP contribution in [0.15, 0.2) is 24.3 Å². The van der Waals surface area contributed by atoms with Gasteiger partial charge in [0, 0.05) is 45.7 Å². The Bertz CT molecular complexity index is 593. The van der Waals surface area contributed by atoms with E-state index in [-0.39, 0.29) is 11.9 Å². The predicted molar refractivity (Wildman–Crippen MR) is 102 cm³/mol. The molecule has 0 aromatic heterocycles. The third-order valence-corrected chi connectivity index (χ3v) is 4.97. The lowest BCUT2D eigenvalue weighted by atomic mass is 10.0. The first-order chi connectivity index (χ1) is 12.4. The van der Waals surface area contributed by atoms with E-state index in [4.69, 9.17) is 4.74 Å². The van der Waals surface area contributed by atoms with E-state index in [0.29, 0.717) is 11.6 Å². The number of rotatable bonds is 7. The van der Waals surface area contributed by atoms with Crippen LogP contribution in [0, 0.1) is 0 Å². The molecule has 1 aromatic rings. The molecule has 0 spiro atoms. The highest BCUT2D eigenvalue weighted by Gasteiger charge is 2.26. The summed E-state index contributed by atoms with van der Waals surface area (Å²) in [4.78, 5) is 30.0. The number of hydrogen-bond acceptors (Lipinski definition) is 5. The van der Waals surface area contributed by atoms with E-state index in [2.05, 4.69) is 9.80 Å². The van der Waals surface area contributed by atoms with E-state index < -0.39 is 0 Å². The standard InChI is InChI=1S/C20H31N3O3/c1-16(24)23(14-13-21(2)3)19-9-11-22(12-10-19)15-17-5-7-18(8-6-17)20(25)26-4/h5-8,19H,9-15H2,1-4H3. The number of ether oxygens (including phenoxy) is 1. The highest BCUT2D eigenvalue weighted by molar-refractivity contribution is 5.89. The van der Waals surface area contributed by atoms with Crippen LogP contribution in [0.3, 0.4) is 0 Å². The first-order valence-corrected chi connectivity index (χ1v) is 9.22. The number of hydrogen-bond donors (Lipinski definition) is 0. The zero-order valence-electron chi connectivity index (χ0n) is 16.4. The van der Waals surface area contributed by atoms with Crippen LogP contribution < -0.4 is 0 Å². The van der Waals surface area contributed by atoms with Gasteiger partial charge in [0.1, 0.15) is 0 Å². The zero-order chi connectivity index (χ0) is 19.1. The summed E-state index contributed by atoms with van der Waals surface area (Å²) in [6.07, 6.45) is 2.01. The Morgan fingerprint density at radius 1 is 1.12 bits per heavy atom. The number of benzene rings is 1. The topological polar surface area (TPSA) is 53.1 Å². The molecular weight excluding hydrogens is 330 g/mol. The molecule has 2 rings (SSSR count). The van der Waals surface area contributed by atoms with Gasteiger partial charge >= 0.3 is 5.97 Å². The highest BCUT2D eigenvalue weighted by atomic mass is 16.5. The van der Waals surface area contributed by atoms with Gasteiger partial charge in [0.25, 0.3) is 0 Å². The fourth-order valence-corrected chi connectivity index (χ4v) is 3.42. The maximum atomic E-state index is 12.0. The van der Waals surface area contributed by atoms with Crippen molar-refractivity contribution < 1.29 is 14.3 Å². The predicted octanol–water partition coefficient (Wildman–Crippen LogP) is 1.85. The maximum Gasteiger partial charge on any atom is 0.337 e. The molecule has 0 bridgehead atoms. The highest BCUT2D eigenvalue weighted by Crippen LogP contribution is 2.19. The van der Waals surface area contributed by atoms with Gasteiger partial charge in [-0.05, 0) is 44.6 Å². The zero-order valence-corrected chi connectivity index (χ0v) is 16.4. The van der Waals surface area contributed by atoms with Gasteiger partial charge in [-0.3, -0.25) is 9.69 Å². The lowest BCUT2D eigenvalue weighted by Gasteiger charge is -2.38. The molecule has 1 saturated heterocycles. The first kappa shape index (κ1) is 20.4. The number of nitrogens with zero attached hydrogens (tertiary/aromatic N) is 3. The van der Waals surface area contributed by atoms with Gasteiger partial charge in [-0.25, -0.2) is 4.79 Å². The second-order valence-corrected chi connectivity index (χ2v) is 7.21. The second kappa shape index (κ2) is 9.69. The minimum absolute atomic E-state index is 0.170. The normalized spacial score (nSPS) is 15.9. The lowest BCUT2D eigenvalue weighted by molar-refractivity contribution is -0.132. The van der Waals surface area contributed by atoms with Gasteiger partial charge in [-0.15, -0.1) is 0 Å². The number of likely N-dealkylation sites (N-methyl/N-ethyl adjacent to an activating group) is 1. The average molecular weight is 361 g/mol. The summed E-state index contributed by atoms with van der Waals surface area (Å²) in [6.45, 7) is 6.19. The van der Waals surface area contributed by atoms with Gasteiger partial charge in [-0.1, -0.05) is 12.1 Å². The van der Waals surface area contributed by atoms with Crippen LogP contribution in [0.2, 0.25) is 0 Å². The van der Waals surface area contributed by atoms with Crippen molar-refractivity contribution in [3.8, 4) is 0 Å². The molecule has 1 aromatic carbocycles. The smallest absolute Gasteiger partial charge is 0.337 e. The molecule has 1 aliphatic rings. The van der Waals surface area contributed by atoms with E-state index in [1.165, 1.54) is 12.7 Å². The third kappa shape index (κ3) is 5.81. The Hall–Kier alpha value is -1.92. The minimum Gasteiger partial charge on any atom is -0.465 e. The average Bonchev–Trinajstić information content (AvgIpc) is 2.62. The first-order valence-electron chi connectivity index (χ1n) is 9.22. The molecule has 1 heterocycles. The van der Waals surface area contributed by atoms with E-state index in [1.54, 1.807) is 6.92 Å². The SMILES string of the molecule is COC(=O)c1ccc(CN2CCC(N(CCN(C)C)C(C)=O)CC2)cc1. The van der Waals surface area contributed by atoms with Crippen molar-refractivity contribution in [2.45, 2.75) is 32.4 Å². The van der Waals surface area contributed by atoms with Crippen molar-refractivity contribution in [1.29, 1.82) is 0 Å². The maximum absolute atomic E-state index is 12.0. The van der Waals surface area contributed by atoms with Crippen molar-refractivity contribution in [1.82, 2.24) is 14.7 Å². The Kier molecular flexibility index (Phi) is 7.60. The molecule has 6 nitrogen and oxygen atoms in total. The molecule has 0 atom stereocenters. The fourth-order valence-electron chi connectivity index (χ4n) is 3.42. The quantitative estimate of drug-likeness (QED) is 0.694. The molecule has 0 saturated carbocycles. The summed E-state index contributed by atoms with van der Waals surface area (Å²) in [5, 5.41) is 0. The second-order valence-electron chi connectivity index (χ2n) is 7.21. The molecule has 0 radical (unpaired) electrons. The van der Waals surface area contributed by atoms with Gasteiger partial charge < -0.3 is 14.5 Å². The van der Waals surface area contributed by atoms with E-state index in [1.807, 2.05) is 43.3 Å². The number of carbonyl (C=O) groups excluding carboxylic acids is 2. The third-order valence-electron chi connectivity index (χ3n) is 4.97. The summed E-state index contributed by atoms with van der Waals surface area (Å²) in [5.41, 5.74) is 1.76. The number of piperidine rings is 1. The largest absolute Gasteiger partial charge is 0.465 e. The summed E-state index contributed by atoms with van der Waals surface area (Å²) in [7, 11) is 5.46. The number of likely N-dealkylation sites (tertiary alicyclic amines) is 1. The van der Waals surface area contributed by atoms with Crippen molar-refractivity contribution >= 4 is 11.9 Å². The van der Waals surface area contributed by atoms with Crippen molar-refractivity contribution in [2.75, 3.05) is 47.4 Å². The van der Waals surface area contributed by atoms with E-state index in [0.717, 1.165) is 45.6 Å². The van der Waals surface area contributed by atoms with E-state index >= 15 is 0 Å².